The summed E-state index contributed by atoms with van der Waals surface area (Å²) in [4.78, 5) is 0. The van der Waals surface area contributed by atoms with Crippen molar-refractivity contribution < 1.29 is 5.21 Å². The molecule has 0 aliphatic heterocycles. The topological polar surface area (TPSA) is 94.2 Å². The van der Waals surface area contributed by atoms with Gasteiger partial charge < -0.3 is 10.9 Å². The number of aryl methyl sites for hydroxylation is 3. The lowest BCUT2D eigenvalue weighted by molar-refractivity contribution is 0.318. The Hall–Kier alpha value is -2.02. The summed E-state index contributed by atoms with van der Waals surface area (Å²) in [6.07, 6.45) is 1.65. The largest absolute Gasteiger partial charge is 0.409 e. The number of nitrogens with zero attached hydrogens (tertiary/aromatic N) is 5. The Balaban J connectivity index is 2.70. The minimum Gasteiger partial charge on any atom is -0.409 e. The minimum atomic E-state index is -0.0140. The maximum atomic E-state index is 8.82. The van der Waals surface area contributed by atoms with E-state index in [0.29, 0.717) is 27.8 Å². The molecule has 0 aliphatic carbocycles. The molecule has 2 rings (SSSR count). The van der Waals surface area contributed by atoms with Crippen molar-refractivity contribution in [2.45, 2.75) is 13.8 Å². The van der Waals surface area contributed by atoms with Crippen LogP contribution in [0.15, 0.2) is 11.4 Å². The highest BCUT2D eigenvalue weighted by molar-refractivity contribution is 6.31. The summed E-state index contributed by atoms with van der Waals surface area (Å²) in [5.41, 5.74) is 7.53. The van der Waals surface area contributed by atoms with Gasteiger partial charge in [0.25, 0.3) is 0 Å². The Kier molecular flexibility index (Phi) is 3.00. The van der Waals surface area contributed by atoms with Crippen LogP contribution in [0.25, 0.3) is 5.82 Å². The third-order valence-electron chi connectivity index (χ3n) is 2.61. The second kappa shape index (κ2) is 4.34. The number of hydrogen-bond acceptors (Lipinski definition) is 4. The first-order valence-corrected chi connectivity index (χ1v) is 5.57. The maximum Gasteiger partial charge on any atom is 0.175 e. The molecule has 0 saturated carbocycles. The van der Waals surface area contributed by atoms with Gasteiger partial charge in [0.05, 0.1) is 28.2 Å². The van der Waals surface area contributed by atoms with Crippen LogP contribution in [0.3, 0.4) is 0 Å². The fraction of sp³-hybridized carbons (Fsp3) is 0.300. The molecule has 2 aromatic rings. The monoisotopic (exact) mass is 268 g/mol. The van der Waals surface area contributed by atoms with Gasteiger partial charge in [-0.15, -0.1) is 0 Å². The molecule has 18 heavy (non-hydrogen) atoms. The zero-order valence-corrected chi connectivity index (χ0v) is 11.0. The third kappa shape index (κ3) is 1.82. The summed E-state index contributed by atoms with van der Waals surface area (Å²) < 4.78 is 3.16. The summed E-state index contributed by atoms with van der Waals surface area (Å²) in [5, 5.41) is 20.9. The van der Waals surface area contributed by atoms with Gasteiger partial charge in [0.2, 0.25) is 0 Å². The van der Waals surface area contributed by atoms with Crippen molar-refractivity contribution in [2.75, 3.05) is 0 Å². The molecule has 3 N–H and O–H groups in total. The summed E-state index contributed by atoms with van der Waals surface area (Å²) in [6, 6.07) is 0. The number of aromatic nitrogens is 4. The van der Waals surface area contributed by atoms with Crippen LogP contribution < -0.4 is 5.73 Å². The molecule has 7 nitrogen and oxygen atoms in total. The Bertz CT molecular complexity index is 607. The normalized spacial score (nSPS) is 12.1. The maximum absolute atomic E-state index is 8.82. The van der Waals surface area contributed by atoms with Crippen molar-refractivity contribution in [3.8, 4) is 5.82 Å². The molecule has 0 radical (unpaired) electrons. The zero-order valence-electron chi connectivity index (χ0n) is 10.2. The predicted molar refractivity (Wildman–Crippen MR) is 67.3 cm³/mol. The van der Waals surface area contributed by atoms with Crippen LogP contribution in [0, 0.1) is 13.8 Å². The van der Waals surface area contributed by atoms with Crippen LogP contribution in [0.5, 0.6) is 0 Å². The van der Waals surface area contributed by atoms with Gasteiger partial charge in [0, 0.05) is 7.05 Å². The van der Waals surface area contributed by atoms with E-state index in [9.17, 15) is 0 Å². The number of hydrogen-bond donors (Lipinski definition) is 2. The molecule has 0 amide bonds. The number of halogens is 1. The summed E-state index contributed by atoms with van der Waals surface area (Å²) in [5.74, 6) is 0.581. The summed E-state index contributed by atoms with van der Waals surface area (Å²) in [6.45, 7) is 3.57. The number of oxime groups is 1. The lowest BCUT2D eigenvalue weighted by Gasteiger charge is -2.05. The molecule has 2 aromatic heterocycles. The SMILES string of the molecule is Cc1nn(-c2c(C(N)=NO)c(C)nn2C)cc1Cl. The Labute approximate surface area is 108 Å². The van der Waals surface area contributed by atoms with Gasteiger partial charge in [-0.25, -0.2) is 4.68 Å². The van der Waals surface area contributed by atoms with Gasteiger partial charge >= 0.3 is 0 Å². The molecular weight excluding hydrogens is 256 g/mol. The molecule has 96 valence electrons. The molecule has 0 saturated heterocycles. The highest BCUT2D eigenvalue weighted by Gasteiger charge is 2.20. The van der Waals surface area contributed by atoms with E-state index in [1.54, 1.807) is 36.5 Å². The number of nitrogens with two attached hydrogens (primary N) is 1. The first-order chi connectivity index (χ1) is 8.45. The fourth-order valence-electron chi connectivity index (χ4n) is 1.81. The van der Waals surface area contributed by atoms with Crippen molar-refractivity contribution in [3.63, 3.8) is 0 Å². The van der Waals surface area contributed by atoms with Gasteiger partial charge in [-0.2, -0.15) is 10.2 Å². The quantitative estimate of drug-likeness (QED) is 0.367. The minimum absolute atomic E-state index is 0.0140. The standard InChI is InChI=1S/C10H13ClN6O/c1-5-7(11)4-17(14-5)10-8(9(12)15-18)6(2)13-16(10)3/h4,18H,1-3H3,(H2,12,15). The molecule has 2 heterocycles. The van der Waals surface area contributed by atoms with Gasteiger partial charge in [0.1, 0.15) is 0 Å². The van der Waals surface area contributed by atoms with E-state index >= 15 is 0 Å². The van der Waals surface area contributed by atoms with Crippen LogP contribution >= 0.6 is 11.6 Å². The second-order valence-electron chi connectivity index (χ2n) is 3.90. The molecule has 0 fully saturated rings. The van der Waals surface area contributed by atoms with E-state index in [0.717, 1.165) is 0 Å². The molecule has 0 spiro atoms. The molecule has 0 unspecified atom stereocenters. The summed E-state index contributed by atoms with van der Waals surface area (Å²) >= 11 is 5.98. The molecule has 0 aromatic carbocycles. The van der Waals surface area contributed by atoms with Crippen molar-refractivity contribution >= 4 is 17.4 Å². The van der Waals surface area contributed by atoms with E-state index < -0.39 is 0 Å². The number of rotatable bonds is 2. The van der Waals surface area contributed by atoms with Crippen molar-refractivity contribution in [3.05, 3.63) is 28.2 Å². The second-order valence-corrected chi connectivity index (χ2v) is 4.31. The van der Waals surface area contributed by atoms with E-state index in [4.69, 9.17) is 22.5 Å². The molecule has 8 heteroatoms. The first-order valence-electron chi connectivity index (χ1n) is 5.19. The van der Waals surface area contributed by atoms with E-state index in [-0.39, 0.29) is 5.84 Å². The van der Waals surface area contributed by atoms with Gasteiger partial charge in [-0.1, -0.05) is 16.8 Å². The first kappa shape index (κ1) is 12.4. The van der Waals surface area contributed by atoms with Gasteiger partial charge in [-0.3, -0.25) is 4.68 Å². The fourth-order valence-corrected chi connectivity index (χ4v) is 1.94. The van der Waals surface area contributed by atoms with E-state index in [1.165, 1.54) is 0 Å². The van der Waals surface area contributed by atoms with Crippen molar-refractivity contribution in [1.29, 1.82) is 0 Å². The van der Waals surface area contributed by atoms with Crippen molar-refractivity contribution in [1.82, 2.24) is 19.6 Å². The van der Waals surface area contributed by atoms with Crippen LogP contribution in [-0.4, -0.2) is 30.6 Å². The van der Waals surface area contributed by atoms with E-state index in [2.05, 4.69) is 15.4 Å². The van der Waals surface area contributed by atoms with Gasteiger partial charge in [-0.05, 0) is 13.8 Å². The lowest BCUT2D eigenvalue weighted by atomic mass is 10.2. The average molecular weight is 269 g/mol. The highest BCUT2D eigenvalue weighted by Crippen LogP contribution is 2.20. The Morgan fingerprint density at radius 1 is 1.39 bits per heavy atom. The number of amidine groups is 1. The van der Waals surface area contributed by atoms with E-state index in [1.807, 2.05) is 0 Å². The average Bonchev–Trinajstić information content (AvgIpc) is 2.78. The van der Waals surface area contributed by atoms with Crippen LogP contribution in [0.4, 0.5) is 0 Å². The van der Waals surface area contributed by atoms with Crippen LogP contribution in [-0.2, 0) is 7.05 Å². The van der Waals surface area contributed by atoms with Crippen LogP contribution in [0.1, 0.15) is 17.0 Å². The lowest BCUT2D eigenvalue weighted by Crippen LogP contribution is -2.17. The molecule has 0 bridgehead atoms. The molecular formula is C10H13ClN6O. The summed E-state index contributed by atoms with van der Waals surface area (Å²) in [7, 11) is 1.75. The predicted octanol–water partition coefficient (Wildman–Crippen LogP) is 0.971. The Morgan fingerprint density at radius 2 is 2.06 bits per heavy atom. The van der Waals surface area contributed by atoms with Gasteiger partial charge in [0.15, 0.2) is 11.7 Å². The molecule has 0 atom stereocenters. The Morgan fingerprint density at radius 3 is 2.56 bits per heavy atom. The third-order valence-corrected chi connectivity index (χ3v) is 2.98. The highest BCUT2D eigenvalue weighted by atomic mass is 35.5. The van der Waals surface area contributed by atoms with Crippen molar-refractivity contribution in [2.24, 2.45) is 17.9 Å². The van der Waals surface area contributed by atoms with Crippen LogP contribution in [0.2, 0.25) is 5.02 Å². The smallest absolute Gasteiger partial charge is 0.175 e. The molecule has 0 aliphatic rings. The zero-order chi connectivity index (χ0) is 13.4.